The molecule has 2 heterocycles. The van der Waals surface area contributed by atoms with Crippen LogP contribution in [0, 0.1) is 19.8 Å². The topological polar surface area (TPSA) is 47.4 Å². The Hall–Kier alpha value is -1.06. The molecule has 1 aromatic carbocycles. The molecule has 2 aromatic rings. The number of hydrogen-bond acceptors (Lipinski definition) is 4. The number of rotatable bonds is 10. The highest BCUT2D eigenvalue weighted by molar-refractivity contribution is 7.93. The molecule has 0 saturated carbocycles. The third-order valence-electron chi connectivity index (χ3n) is 6.62. The van der Waals surface area contributed by atoms with E-state index in [9.17, 15) is 13.3 Å². The highest BCUT2D eigenvalue weighted by Crippen LogP contribution is 2.37. The highest BCUT2D eigenvalue weighted by atomic mass is 35.5. The molecule has 0 spiro atoms. The Balaban J connectivity index is 1.70. The molecule has 3 rings (SSSR count). The van der Waals surface area contributed by atoms with Crippen molar-refractivity contribution in [3.63, 3.8) is 0 Å². The molecule has 0 N–H and O–H groups in total. The van der Waals surface area contributed by atoms with Crippen molar-refractivity contribution in [2.45, 2.75) is 63.7 Å². The summed E-state index contributed by atoms with van der Waals surface area (Å²) in [5.74, 6) is 0.799. The fourth-order valence-electron chi connectivity index (χ4n) is 4.64. The SMILES string of the molecule is Cc1nn(C)c(C)c1N(CC(F)F)[S+]([O-])c1c(Cl)cc(CCCCC2CCN(C)CC2)cc1Cl. The maximum absolute atomic E-state index is 13.5. The van der Waals surface area contributed by atoms with E-state index in [1.54, 1.807) is 37.7 Å². The minimum Gasteiger partial charge on any atom is -0.588 e. The lowest BCUT2D eigenvalue weighted by molar-refractivity contribution is 0.159. The van der Waals surface area contributed by atoms with E-state index in [0.717, 1.165) is 35.0 Å². The number of aryl methyl sites for hydroxylation is 3. The number of aromatic nitrogens is 2. The standard InChI is InChI=1S/C24H34Cl2F2N4OS/c1-16-23(17(2)31(4)29-16)32(15-22(27)28)34(33)24-20(25)13-19(14-21(24)26)8-6-5-7-18-9-11-30(3)12-10-18/h13-14,18,22H,5-12,15H2,1-4H3. The minimum absolute atomic E-state index is 0.154. The first-order valence-electron chi connectivity index (χ1n) is 11.7. The van der Waals surface area contributed by atoms with Gasteiger partial charge in [-0.15, -0.1) is 0 Å². The molecule has 190 valence electrons. The van der Waals surface area contributed by atoms with Gasteiger partial charge in [-0.2, -0.15) is 9.40 Å². The van der Waals surface area contributed by atoms with E-state index < -0.39 is 24.3 Å². The highest BCUT2D eigenvalue weighted by Gasteiger charge is 2.34. The monoisotopic (exact) mass is 534 g/mol. The van der Waals surface area contributed by atoms with Crippen molar-refractivity contribution < 1.29 is 13.3 Å². The number of likely N-dealkylation sites (tertiary alicyclic amines) is 1. The van der Waals surface area contributed by atoms with Crippen LogP contribution in [0.3, 0.4) is 0 Å². The Morgan fingerprint density at radius 2 is 1.76 bits per heavy atom. The Morgan fingerprint density at radius 1 is 1.15 bits per heavy atom. The summed E-state index contributed by atoms with van der Waals surface area (Å²) in [6.45, 7) is 5.09. The molecule has 0 aliphatic carbocycles. The zero-order valence-corrected chi connectivity index (χ0v) is 22.6. The summed E-state index contributed by atoms with van der Waals surface area (Å²) in [5.41, 5.74) is 2.53. The van der Waals surface area contributed by atoms with E-state index >= 15 is 0 Å². The summed E-state index contributed by atoms with van der Waals surface area (Å²) in [7, 11) is 3.89. The third kappa shape index (κ3) is 6.78. The van der Waals surface area contributed by atoms with Crippen LogP contribution < -0.4 is 4.31 Å². The molecule has 1 unspecified atom stereocenters. The van der Waals surface area contributed by atoms with Crippen LogP contribution in [0.25, 0.3) is 0 Å². The summed E-state index contributed by atoms with van der Waals surface area (Å²) in [6, 6.07) is 3.53. The lowest BCUT2D eigenvalue weighted by Gasteiger charge is -2.28. The molecular weight excluding hydrogens is 501 g/mol. The van der Waals surface area contributed by atoms with Crippen molar-refractivity contribution in [2.24, 2.45) is 13.0 Å². The Bertz CT molecular complexity index is 944. The molecule has 0 radical (unpaired) electrons. The Labute approximate surface area is 214 Å². The maximum atomic E-state index is 13.5. The number of piperidine rings is 1. The van der Waals surface area contributed by atoms with E-state index in [0.29, 0.717) is 17.1 Å². The molecule has 1 aliphatic rings. The van der Waals surface area contributed by atoms with Gasteiger partial charge in [0.05, 0.1) is 11.4 Å². The molecule has 5 nitrogen and oxygen atoms in total. The molecular formula is C24H34Cl2F2N4OS. The van der Waals surface area contributed by atoms with Gasteiger partial charge in [0.25, 0.3) is 6.43 Å². The van der Waals surface area contributed by atoms with Gasteiger partial charge in [-0.3, -0.25) is 4.68 Å². The summed E-state index contributed by atoms with van der Waals surface area (Å²) >= 11 is 11.0. The molecule has 0 amide bonds. The van der Waals surface area contributed by atoms with Crippen LogP contribution in [-0.2, 0) is 24.8 Å². The second-order valence-corrected chi connectivity index (χ2v) is 11.4. The number of unbranched alkanes of at least 4 members (excludes halogenated alkanes) is 1. The predicted molar refractivity (Wildman–Crippen MR) is 137 cm³/mol. The maximum Gasteiger partial charge on any atom is 0.260 e. The van der Waals surface area contributed by atoms with Gasteiger partial charge in [-0.1, -0.05) is 36.0 Å². The first kappa shape index (κ1) is 27.5. The van der Waals surface area contributed by atoms with Crippen LogP contribution in [0.5, 0.6) is 0 Å². The molecule has 34 heavy (non-hydrogen) atoms. The van der Waals surface area contributed by atoms with Gasteiger partial charge >= 0.3 is 0 Å². The van der Waals surface area contributed by atoms with Gasteiger partial charge in [0, 0.05) is 7.05 Å². The summed E-state index contributed by atoms with van der Waals surface area (Å²) in [5, 5.41) is 4.74. The molecule has 1 aromatic heterocycles. The lowest BCUT2D eigenvalue weighted by Crippen LogP contribution is -2.36. The second-order valence-electron chi connectivity index (χ2n) is 9.23. The zero-order valence-electron chi connectivity index (χ0n) is 20.3. The van der Waals surface area contributed by atoms with Crippen LogP contribution in [-0.4, -0.2) is 52.3 Å². The summed E-state index contributed by atoms with van der Waals surface area (Å²) in [4.78, 5) is 2.53. The van der Waals surface area contributed by atoms with E-state index in [4.69, 9.17) is 23.2 Å². The number of alkyl halides is 2. The second kappa shape index (κ2) is 12.3. The zero-order chi connectivity index (χ0) is 25.0. The van der Waals surface area contributed by atoms with Gasteiger partial charge in [-0.25, -0.2) is 8.78 Å². The normalized spacial score (nSPS) is 16.4. The Morgan fingerprint density at radius 3 is 2.29 bits per heavy atom. The molecule has 1 aliphatic heterocycles. The van der Waals surface area contributed by atoms with Gasteiger partial charge < -0.3 is 9.45 Å². The quantitative estimate of drug-likeness (QED) is 0.269. The van der Waals surface area contributed by atoms with Crippen molar-refractivity contribution >= 4 is 40.3 Å². The molecule has 1 fully saturated rings. The number of halogens is 4. The van der Waals surface area contributed by atoms with E-state index in [-0.39, 0.29) is 14.9 Å². The van der Waals surface area contributed by atoms with Crippen molar-refractivity contribution in [2.75, 3.05) is 31.0 Å². The van der Waals surface area contributed by atoms with Crippen molar-refractivity contribution in [3.8, 4) is 0 Å². The van der Waals surface area contributed by atoms with Crippen LogP contribution in [0.4, 0.5) is 14.5 Å². The van der Waals surface area contributed by atoms with Gasteiger partial charge in [0.2, 0.25) is 4.90 Å². The van der Waals surface area contributed by atoms with Crippen LogP contribution in [0.1, 0.15) is 49.1 Å². The molecule has 0 bridgehead atoms. The minimum atomic E-state index is -2.69. The van der Waals surface area contributed by atoms with Gasteiger partial charge in [0.15, 0.2) is 0 Å². The van der Waals surface area contributed by atoms with Crippen LogP contribution >= 0.6 is 23.2 Å². The third-order valence-corrected chi connectivity index (χ3v) is 8.96. The van der Waals surface area contributed by atoms with Crippen molar-refractivity contribution in [3.05, 3.63) is 39.1 Å². The number of anilines is 1. The van der Waals surface area contributed by atoms with Gasteiger partial charge in [0.1, 0.15) is 33.6 Å². The molecule has 1 atom stereocenters. The largest absolute Gasteiger partial charge is 0.588 e. The number of hydrogen-bond donors (Lipinski definition) is 0. The number of benzene rings is 1. The first-order chi connectivity index (χ1) is 16.1. The summed E-state index contributed by atoms with van der Waals surface area (Å²) in [6.07, 6.45) is 4.04. The molecule has 1 saturated heterocycles. The van der Waals surface area contributed by atoms with Gasteiger partial charge in [-0.05, 0) is 83.3 Å². The van der Waals surface area contributed by atoms with Crippen LogP contribution in [0.2, 0.25) is 10.0 Å². The predicted octanol–water partition coefficient (Wildman–Crippen LogP) is 6.19. The fourth-order valence-corrected chi connectivity index (χ4v) is 6.92. The number of nitrogens with zero attached hydrogens (tertiary/aromatic N) is 4. The summed E-state index contributed by atoms with van der Waals surface area (Å²) < 4.78 is 43.1. The molecule has 10 heteroatoms. The smallest absolute Gasteiger partial charge is 0.260 e. The van der Waals surface area contributed by atoms with Crippen LogP contribution in [0.15, 0.2) is 17.0 Å². The van der Waals surface area contributed by atoms with E-state index in [1.807, 2.05) is 0 Å². The van der Waals surface area contributed by atoms with Crippen molar-refractivity contribution in [1.82, 2.24) is 14.7 Å². The first-order valence-corrected chi connectivity index (χ1v) is 13.6. The average molecular weight is 536 g/mol. The average Bonchev–Trinajstić information content (AvgIpc) is 3.01. The van der Waals surface area contributed by atoms with E-state index in [2.05, 4.69) is 17.0 Å². The lowest BCUT2D eigenvalue weighted by atomic mass is 9.91. The fraction of sp³-hybridized carbons (Fsp3) is 0.625. The Kier molecular flexibility index (Phi) is 9.93. The van der Waals surface area contributed by atoms with Crippen molar-refractivity contribution in [1.29, 1.82) is 0 Å². The van der Waals surface area contributed by atoms with E-state index in [1.165, 1.54) is 32.4 Å².